The summed E-state index contributed by atoms with van der Waals surface area (Å²) in [6, 6.07) is 9.69. The molecular formula is C12H13NO. The van der Waals surface area contributed by atoms with Gasteiger partial charge in [0, 0.05) is 18.1 Å². The van der Waals surface area contributed by atoms with Crippen LogP contribution in [-0.4, -0.2) is 4.57 Å². The van der Waals surface area contributed by atoms with Crippen molar-refractivity contribution in [3.05, 3.63) is 46.9 Å². The Morgan fingerprint density at radius 2 is 2.00 bits per heavy atom. The Balaban J connectivity index is 2.69. The maximum Gasteiger partial charge on any atom is 0.258 e. The van der Waals surface area contributed by atoms with Gasteiger partial charge in [-0.3, -0.25) is 4.79 Å². The number of hydrogen-bond acceptors (Lipinski definition) is 1. The van der Waals surface area contributed by atoms with Crippen molar-refractivity contribution in [2.24, 2.45) is 0 Å². The van der Waals surface area contributed by atoms with Gasteiger partial charge in [0.15, 0.2) is 0 Å². The molecule has 0 atom stereocenters. The molecule has 1 heterocycles. The average Bonchev–Trinajstić information content (AvgIpc) is 2.23. The van der Waals surface area contributed by atoms with Gasteiger partial charge in [-0.25, -0.2) is 0 Å². The highest BCUT2D eigenvalue weighted by molar-refractivity contribution is 5.81. The Hall–Kier alpha value is -1.57. The third-order valence-electron chi connectivity index (χ3n) is 2.35. The number of aryl methyl sites for hydroxylation is 1. The van der Waals surface area contributed by atoms with E-state index in [-0.39, 0.29) is 5.56 Å². The SMILES string of the molecule is CCCn1ccc2ccccc2c1=O. The number of rotatable bonds is 2. The number of aromatic nitrogens is 1. The van der Waals surface area contributed by atoms with Crippen LogP contribution < -0.4 is 5.56 Å². The summed E-state index contributed by atoms with van der Waals surface area (Å²) in [6.45, 7) is 2.87. The lowest BCUT2D eigenvalue weighted by atomic mass is 10.2. The predicted octanol–water partition coefficient (Wildman–Crippen LogP) is 2.41. The van der Waals surface area contributed by atoms with Crippen LogP contribution in [0.1, 0.15) is 13.3 Å². The quantitative estimate of drug-likeness (QED) is 0.707. The van der Waals surface area contributed by atoms with Gasteiger partial charge in [-0.05, 0) is 23.9 Å². The monoisotopic (exact) mass is 187 g/mol. The fourth-order valence-corrected chi connectivity index (χ4v) is 1.65. The van der Waals surface area contributed by atoms with Gasteiger partial charge in [0.2, 0.25) is 0 Å². The fourth-order valence-electron chi connectivity index (χ4n) is 1.65. The number of pyridine rings is 1. The van der Waals surface area contributed by atoms with E-state index in [2.05, 4.69) is 6.92 Å². The minimum absolute atomic E-state index is 0.116. The van der Waals surface area contributed by atoms with Crippen molar-refractivity contribution in [1.29, 1.82) is 0 Å². The van der Waals surface area contributed by atoms with Crippen LogP contribution in [0.5, 0.6) is 0 Å². The van der Waals surface area contributed by atoms with Crippen LogP contribution in [0.15, 0.2) is 41.3 Å². The first-order valence-corrected chi connectivity index (χ1v) is 4.91. The van der Waals surface area contributed by atoms with Crippen LogP contribution in [0.3, 0.4) is 0 Å². The van der Waals surface area contributed by atoms with Gasteiger partial charge in [-0.15, -0.1) is 0 Å². The minimum Gasteiger partial charge on any atom is -0.315 e. The zero-order valence-corrected chi connectivity index (χ0v) is 8.23. The lowest BCUT2D eigenvalue weighted by Crippen LogP contribution is -2.18. The molecule has 72 valence electrons. The van der Waals surface area contributed by atoms with Gasteiger partial charge < -0.3 is 4.57 Å². The van der Waals surface area contributed by atoms with Crippen molar-refractivity contribution < 1.29 is 0 Å². The van der Waals surface area contributed by atoms with Gasteiger partial charge in [0.05, 0.1) is 0 Å². The molecule has 2 nitrogen and oxygen atoms in total. The molecule has 0 bridgehead atoms. The van der Waals surface area contributed by atoms with Gasteiger partial charge in [0.25, 0.3) is 5.56 Å². The molecule has 2 rings (SSSR count). The molecular weight excluding hydrogens is 174 g/mol. The molecule has 2 aromatic rings. The Morgan fingerprint density at radius 3 is 2.79 bits per heavy atom. The Labute approximate surface area is 82.8 Å². The molecule has 2 heteroatoms. The molecule has 0 spiro atoms. The third kappa shape index (κ3) is 1.43. The number of hydrogen-bond donors (Lipinski definition) is 0. The predicted molar refractivity (Wildman–Crippen MR) is 58.5 cm³/mol. The van der Waals surface area contributed by atoms with Crippen molar-refractivity contribution in [2.45, 2.75) is 19.9 Å². The summed E-state index contributed by atoms with van der Waals surface area (Å²) in [5, 5.41) is 1.83. The van der Waals surface area contributed by atoms with E-state index in [4.69, 9.17) is 0 Å². The lowest BCUT2D eigenvalue weighted by Gasteiger charge is -2.04. The minimum atomic E-state index is 0.116. The summed E-state index contributed by atoms with van der Waals surface area (Å²) in [4.78, 5) is 11.9. The highest BCUT2D eigenvalue weighted by atomic mass is 16.1. The number of nitrogens with zero attached hydrogens (tertiary/aromatic N) is 1. The molecule has 14 heavy (non-hydrogen) atoms. The van der Waals surface area contributed by atoms with Crippen LogP contribution >= 0.6 is 0 Å². The third-order valence-corrected chi connectivity index (χ3v) is 2.35. The van der Waals surface area contributed by atoms with Crippen LogP contribution in [0.25, 0.3) is 10.8 Å². The summed E-state index contributed by atoms with van der Waals surface area (Å²) in [5.74, 6) is 0. The Kier molecular flexibility index (Phi) is 2.35. The number of fused-ring (bicyclic) bond motifs is 1. The van der Waals surface area contributed by atoms with E-state index in [1.54, 1.807) is 4.57 Å². The van der Waals surface area contributed by atoms with Gasteiger partial charge in [0.1, 0.15) is 0 Å². The topological polar surface area (TPSA) is 22.0 Å². The molecule has 0 fully saturated rings. The molecule has 0 unspecified atom stereocenters. The van der Waals surface area contributed by atoms with Crippen LogP contribution in [0.4, 0.5) is 0 Å². The molecule has 0 saturated carbocycles. The van der Waals surface area contributed by atoms with E-state index in [1.165, 1.54) is 0 Å². The molecule has 0 N–H and O–H groups in total. The van der Waals surface area contributed by atoms with Crippen LogP contribution in [-0.2, 0) is 6.54 Å². The summed E-state index contributed by atoms with van der Waals surface area (Å²) >= 11 is 0. The van der Waals surface area contributed by atoms with Crippen molar-refractivity contribution >= 4 is 10.8 Å². The van der Waals surface area contributed by atoms with Crippen molar-refractivity contribution in [3.63, 3.8) is 0 Å². The molecule has 0 aliphatic rings. The Bertz CT molecular complexity index is 499. The highest BCUT2D eigenvalue weighted by Gasteiger charge is 1.99. The Morgan fingerprint density at radius 1 is 1.21 bits per heavy atom. The van der Waals surface area contributed by atoms with Gasteiger partial charge >= 0.3 is 0 Å². The molecule has 1 aromatic heterocycles. The molecule has 0 aliphatic carbocycles. The maximum absolute atomic E-state index is 11.9. The lowest BCUT2D eigenvalue weighted by molar-refractivity contribution is 0.659. The van der Waals surface area contributed by atoms with Crippen molar-refractivity contribution in [3.8, 4) is 0 Å². The highest BCUT2D eigenvalue weighted by Crippen LogP contribution is 2.07. The van der Waals surface area contributed by atoms with E-state index >= 15 is 0 Å². The van der Waals surface area contributed by atoms with Gasteiger partial charge in [-0.2, -0.15) is 0 Å². The van der Waals surface area contributed by atoms with Crippen LogP contribution in [0.2, 0.25) is 0 Å². The second-order valence-corrected chi connectivity index (χ2v) is 3.40. The zero-order chi connectivity index (χ0) is 9.97. The molecule has 0 amide bonds. The summed E-state index contributed by atoms with van der Waals surface area (Å²) in [6.07, 6.45) is 2.85. The molecule has 0 aliphatic heterocycles. The van der Waals surface area contributed by atoms with Crippen molar-refractivity contribution in [2.75, 3.05) is 0 Å². The first-order chi connectivity index (χ1) is 6.83. The summed E-state index contributed by atoms with van der Waals surface area (Å²) < 4.78 is 1.77. The van der Waals surface area contributed by atoms with Crippen LogP contribution in [0, 0.1) is 0 Å². The van der Waals surface area contributed by atoms with E-state index < -0.39 is 0 Å². The summed E-state index contributed by atoms with van der Waals surface area (Å²) in [5.41, 5.74) is 0.116. The second kappa shape index (κ2) is 3.66. The maximum atomic E-state index is 11.9. The smallest absolute Gasteiger partial charge is 0.258 e. The zero-order valence-electron chi connectivity index (χ0n) is 8.23. The molecule has 0 saturated heterocycles. The second-order valence-electron chi connectivity index (χ2n) is 3.40. The summed E-state index contributed by atoms with van der Waals surface area (Å²) in [7, 11) is 0. The van der Waals surface area contributed by atoms with E-state index in [9.17, 15) is 4.79 Å². The molecule has 1 aromatic carbocycles. The largest absolute Gasteiger partial charge is 0.315 e. The van der Waals surface area contributed by atoms with Crippen molar-refractivity contribution in [1.82, 2.24) is 4.57 Å². The normalized spacial score (nSPS) is 10.6. The van der Waals surface area contributed by atoms with E-state index in [0.29, 0.717) is 0 Å². The first-order valence-electron chi connectivity index (χ1n) is 4.91. The average molecular weight is 187 g/mol. The first kappa shape index (κ1) is 9.00. The van der Waals surface area contributed by atoms with E-state index in [1.807, 2.05) is 36.5 Å². The van der Waals surface area contributed by atoms with E-state index in [0.717, 1.165) is 23.7 Å². The van der Waals surface area contributed by atoms with Gasteiger partial charge in [-0.1, -0.05) is 25.1 Å². The standard InChI is InChI=1S/C12H13NO/c1-2-8-13-9-7-10-5-3-4-6-11(10)12(13)14/h3-7,9H,2,8H2,1H3. The fraction of sp³-hybridized carbons (Fsp3) is 0.250. The molecule has 0 radical (unpaired) electrons. The number of benzene rings is 1.